The summed E-state index contributed by atoms with van der Waals surface area (Å²) in [5, 5.41) is 6.61. The Morgan fingerprint density at radius 1 is 1.29 bits per heavy atom. The molecule has 0 bridgehead atoms. The minimum Gasteiger partial charge on any atom is -0.352 e. The molecule has 1 saturated carbocycles. The lowest BCUT2D eigenvalue weighted by atomic mass is 9.83. The average molecular weight is 238 g/mol. The topological polar surface area (TPSA) is 41.1 Å². The highest BCUT2D eigenvalue weighted by Crippen LogP contribution is 2.62. The van der Waals surface area contributed by atoms with Crippen LogP contribution in [0.2, 0.25) is 0 Å². The van der Waals surface area contributed by atoms with Crippen LogP contribution < -0.4 is 10.6 Å². The molecule has 0 aromatic heterocycles. The monoisotopic (exact) mass is 238 g/mol. The summed E-state index contributed by atoms with van der Waals surface area (Å²) in [6.07, 6.45) is 1.91. The molecule has 2 N–H and O–H groups in total. The molecule has 1 unspecified atom stereocenters. The molecule has 0 spiro atoms. The summed E-state index contributed by atoms with van der Waals surface area (Å²) in [6.45, 7) is 12.9. The molecule has 2 rings (SSSR count). The smallest absolute Gasteiger partial charge is 0.227 e. The van der Waals surface area contributed by atoms with Crippen LogP contribution in [0.5, 0.6) is 0 Å². The maximum absolute atomic E-state index is 12.5. The van der Waals surface area contributed by atoms with Gasteiger partial charge in [-0.05, 0) is 30.2 Å². The van der Waals surface area contributed by atoms with Crippen LogP contribution in [0.15, 0.2) is 0 Å². The molecule has 98 valence electrons. The van der Waals surface area contributed by atoms with Crippen molar-refractivity contribution in [3.63, 3.8) is 0 Å². The second-order valence-corrected chi connectivity index (χ2v) is 6.91. The maximum Gasteiger partial charge on any atom is 0.227 e. The minimum absolute atomic E-state index is 0.158. The Labute approximate surface area is 105 Å². The Hall–Kier alpha value is -0.570. The molecule has 0 aromatic carbocycles. The molecule has 1 saturated heterocycles. The third kappa shape index (κ3) is 1.70. The van der Waals surface area contributed by atoms with Crippen molar-refractivity contribution in [1.82, 2.24) is 10.6 Å². The van der Waals surface area contributed by atoms with Crippen molar-refractivity contribution in [2.45, 2.75) is 53.5 Å². The fourth-order valence-electron chi connectivity index (χ4n) is 3.24. The van der Waals surface area contributed by atoms with Crippen LogP contribution in [0.4, 0.5) is 0 Å². The van der Waals surface area contributed by atoms with E-state index in [-0.39, 0.29) is 22.2 Å². The number of carbonyl (C=O) groups excluding carboxylic acids is 1. The molecule has 1 amide bonds. The van der Waals surface area contributed by atoms with E-state index in [2.05, 4.69) is 45.3 Å². The van der Waals surface area contributed by atoms with Gasteiger partial charge in [-0.2, -0.15) is 0 Å². The third-order valence-electron chi connectivity index (χ3n) is 5.70. The molecule has 2 fully saturated rings. The van der Waals surface area contributed by atoms with Crippen molar-refractivity contribution in [3.05, 3.63) is 0 Å². The summed E-state index contributed by atoms with van der Waals surface area (Å²) in [4.78, 5) is 12.5. The van der Waals surface area contributed by atoms with Crippen LogP contribution in [0.25, 0.3) is 0 Å². The molecule has 2 aliphatic rings. The lowest BCUT2D eigenvalue weighted by Crippen LogP contribution is -2.44. The first-order valence-electron chi connectivity index (χ1n) is 6.80. The molecule has 3 nitrogen and oxygen atoms in total. The lowest BCUT2D eigenvalue weighted by Gasteiger charge is -2.26. The molecule has 0 radical (unpaired) electrons. The van der Waals surface area contributed by atoms with Gasteiger partial charge >= 0.3 is 0 Å². The van der Waals surface area contributed by atoms with Crippen molar-refractivity contribution in [2.24, 2.45) is 16.2 Å². The number of hydrogen-bond acceptors (Lipinski definition) is 2. The van der Waals surface area contributed by atoms with Crippen molar-refractivity contribution in [1.29, 1.82) is 0 Å². The summed E-state index contributed by atoms with van der Waals surface area (Å²) in [6, 6.07) is 0.325. The van der Waals surface area contributed by atoms with Crippen molar-refractivity contribution >= 4 is 5.91 Å². The Morgan fingerprint density at radius 3 is 2.24 bits per heavy atom. The first-order chi connectivity index (χ1) is 7.78. The van der Waals surface area contributed by atoms with Gasteiger partial charge in [0.1, 0.15) is 0 Å². The largest absolute Gasteiger partial charge is 0.352 e. The van der Waals surface area contributed by atoms with Crippen molar-refractivity contribution in [3.8, 4) is 0 Å². The maximum atomic E-state index is 12.5. The van der Waals surface area contributed by atoms with Gasteiger partial charge in [0.15, 0.2) is 0 Å². The number of carbonyl (C=O) groups is 1. The van der Waals surface area contributed by atoms with E-state index in [4.69, 9.17) is 0 Å². The van der Waals surface area contributed by atoms with Gasteiger partial charge in [0.2, 0.25) is 5.91 Å². The predicted molar refractivity (Wildman–Crippen MR) is 69.7 cm³/mol. The quantitative estimate of drug-likeness (QED) is 0.789. The van der Waals surface area contributed by atoms with Gasteiger partial charge in [-0.3, -0.25) is 4.79 Å². The third-order valence-corrected chi connectivity index (χ3v) is 5.70. The fraction of sp³-hybridized carbons (Fsp3) is 0.929. The molecule has 1 aliphatic carbocycles. The molecule has 1 heterocycles. The van der Waals surface area contributed by atoms with Gasteiger partial charge in [0, 0.05) is 12.6 Å². The normalized spacial score (nSPS) is 34.6. The van der Waals surface area contributed by atoms with E-state index in [1.54, 1.807) is 0 Å². The number of amides is 1. The minimum atomic E-state index is -0.158. The van der Waals surface area contributed by atoms with Gasteiger partial charge in [-0.25, -0.2) is 0 Å². The zero-order valence-electron chi connectivity index (χ0n) is 11.8. The van der Waals surface area contributed by atoms with E-state index < -0.39 is 0 Å². The number of hydrogen-bond donors (Lipinski definition) is 2. The summed E-state index contributed by atoms with van der Waals surface area (Å²) < 4.78 is 0. The van der Waals surface area contributed by atoms with Crippen LogP contribution >= 0.6 is 0 Å². The second kappa shape index (κ2) is 3.71. The molecule has 1 aliphatic heterocycles. The highest BCUT2D eigenvalue weighted by Gasteiger charge is 2.66. The highest BCUT2D eigenvalue weighted by atomic mass is 16.2. The lowest BCUT2D eigenvalue weighted by molar-refractivity contribution is -0.130. The molecular formula is C14H26N2O. The first kappa shape index (κ1) is 12.9. The zero-order chi connectivity index (χ0) is 12.9. The predicted octanol–water partition coefficient (Wildman–Crippen LogP) is 1.93. The average Bonchev–Trinajstić information content (AvgIpc) is 2.67. The molecular weight excluding hydrogens is 212 g/mol. The van der Waals surface area contributed by atoms with E-state index in [1.807, 2.05) is 0 Å². The fourth-order valence-corrected chi connectivity index (χ4v) is 3.24. The SMILES string of the molecule is CCC1(C(=O)NC2C(C)(C)C2(C)C)CCNC1. The number of nitrogens with one attached hydrogen (secondary N) is 2. The van der Waals surface area contributed by atoms with Gasteiger partial charge in [-0.15, -0.1) is 0 Å². The summed E-state index contributed by atoms with van der Waals surface area (Å²) in [5.41, 5.74) is 0.294. The molecule has 1 atom stereocenters. The van der Waals surface area contributed by atoms with Crippen molar-refractivity contribution < 1.29 is 4.79 Å². The highest BCUT2D eigenvalue weighted by molar-refractivity contribution is 5.84. The van der Waals surface area contributed by atoms with Crippen LogP contribution in [0.1, 0.15) is 47.5 Å². The Balaban J connectivity index is 2.04. The molecule has 17 heavy (non-hydrogen) atoms. The molecule has 3 heteroatoms. The van der Waals surface area contributed by atoms with E-state index in [9.17, 15) is 4.79 Å². The molecule has 0 aromatic rings. The Kier molecular flexibility index (Phi) is 2.81. The van der Waals surface area contributed by atoms with Gasteiger partial charge in [0.25, 0.3) is 0 Å². The first-order valence-corrected chi connectivity index (χ1v) is 6.80. The number of rotatable bonds is 3. The Morgan fingerprint density at radius 2 is 1.88 bits per heavy atom. The van der Waals surface area contributed by atoms with E-state index in [0.717, 1.165) is 25.9 Å². The van der Waals surface area contributed by atoms with Crippen LogP contribution in [0.3, 0.4) is 0 Å². The van der Waals surface area contributed by atoms with Crippen LogP contribution in [0, 0.1) is 16.2 Å². The van der Waals surface area contributed by atoms with Gasteiger partial charge in [-0.1, -0.05) is 34.6 Å². The van der Waals surface area contributed by atoms with Crippen molar-refractivity contribution in [2.75, 3.05) is 13.1 Å². The zero-order valence-corrected chi connectivity index (χ0v) is 11.8. The Bertz CT molecular complexity index is 313. The van der Waals surface area contributed by atoms with E-state index in [0.29, 0.717) is 6.04 Å². The second-order valence-electron chi connectivity index (χ2n) is 6.91. The summed E-state index contributed by atoms with van der Waals surface area (Å²) >= 11 is 0. The van der Waals surface area contributed by atoms with Gasteiger partial charge in [0.05, 0.1) is 5.41 Å². The van der Waals surface area contributed by atoms with E-state index >= 15 is 0 Å². The van der Waals surface area contributed by atoms with Gasteiger partial charge < -0.3 is 10.6 Å². The van der Waals surface area contributed by atoms with E-state index in [1.165, 1.54) is 0 Å². The van der Waals surface area contributed by atoms with Crippen LogP contribution in [-0.4, -0.2) is 25.0 Å². The van der Waals surface area contributed by atoms with Crippen LogP contribution in [-0.2, 0) is 4.79 Å². The summed E-state index contributed by atoms with van der Waals surface area (Å²) in [7, 11) is 0. The standard InChI is InChI=1S/C14H26N2O/c1-6-14(7-8-15-9-14)11(17)16-10-12(2,3)13(10,4)5/h10,15H,6-9H2,1-5H3,(H,16,17). The summed E-state index contributed by atoms with van der Waals surface area (Å²) in [5.74, 6) is 0.258.